The van der Waals surface area contributed by atoms with Gasteiger partial charge in [0.1, 0.15) is 0 Å². The van der Waals surface area contributed by atoms with Crippen LogP contribution >= 0.6 is 22.9 Å². The fourth-order valence-electron chi connectivity index (χ4n) is 2.27. The average Bonchev–Trinajstić information content (AvgIpc) is 2.71. The number of aromatic nitrogens is 1. The Balaban J connectivity index is 2.16. The van der Waals surface area contributed by atoms with Crippen molar-refractivity contribution in [3.8, 4) is 0 Å². The van der Waals surface area contributed by atoms with E-state index in [2.05, 4.69) is 31.1 Å². The first kappa shape index (κ1) is 13.6. The summed E-state index contributed by atoms with van der Waals surface area (Å²) in [7, 11) is 0. The zero-order chi connectivity index (χ0) is 13.1. The maximum absolute atomic E-state index is 5.97. The summed E-state index contributed by atoms with van der Waals surface area (Å²) in [5.74, 6) is 0.695. The summed E-state index contributed by atoms with van der Waals surface area (Å²) in [6.07, 6.45) is 2.39. The van der Waals surface area contributed by atoms with Crippen LogP contribution in [0.15, 0.2) is 18.2 Å². The van der Waals surface area contributed by atoms with Crippen LogP contribution in [0.5, 0.6) is 0 Å². The maximum atomic E-state index is 5.97. The van der Waals surface area contributed by atoms with Gasteiger partial charge in [-0.15, -0.1) is 0 Å². The highest BCUT2D eigenvalue weighted by Crippen LogP contribution is 2.29. The predicted molar refractivity (Wildman–Crippen MR) is 81.8 cm³/mol. The number of thiazole rings is 1. The summed E-state index contributed by atoms with van der Waals surface area (Å²) in [6.45, 7) is 6.71. The summed E-state index contributed by atoms with van der Waals surface area (Å²) in [6, 6.07) is 6.31. The smallest absolute Gasteiger partial charge is 0.184 e. The van der Waals surface area contributed by atoms with Crippen LogP contribution in [0.25, 0.3) is 10.2 Å². The number of anilines is 1. The molecule has 0 aliphatic rings. The molecule has 0 aliphatic carbocycles. The number of hydrogen-bond acceptors (Lipinski definition) is 3. The number of nitrogens with zero attached hydrogens (tertiary/aromatic N) is 1. The van der Waals surface area contributed by atoms with E-state index in [0.29, 0.717) is 12.0 Å². The minimum absolute atomic E-state index is 0.455. The molecule has 1 N–H and O–H groups in total. The molecule has 0 radical (unpaired) electrons. The van der Waals surface area contributed by atoms with Crippen molar-refractivity contribution in [1.82, 2.24) is 4.98 Å². The van der Waals surface area contributed by atoms with Gasteiger partial charge in [-0.25, -0.2) is 4.98 Å². The lowest BCUT2D eigenvalue weighted by Crippen LogP contribution is -2.24. The zero-order valence-electron chi connectivity index (χ0n) is 11.0. The van der Waals surface area contributed by atoms with Gasteiger partial charge in [-0.1, -0.05) is 49.6 Å². The fourth-order valence-corrected chi connectivity index (χ4v) is 3.38. The number of fused-ring (bicyclic) bond motifs is 1. The molecule has 0 spiro atoms. The lowest BCUT2D eigenvalue weighted by molar-refractivity contribution is 0.438. The van der Waals surface area contributed by atoms with Gasteiger partial charge in [-0.3, -0.25) is 0 Å². The molecule has 1 aromatic carbocycles. The predicted octanol–water partition coefficient (Wildman–Crippen LogP) is 5.19. The standard InChI is InChI=1S/C14H19ClN2S/c1-4-10(5-2)9(3)16-14-17-12-8-11(15)6-7-13(12)18-14/h6-10H,4-5H2,1-3H3,(H,16,17). The lowest BCUT2D eigenvalue weighted by atomic mass is 9.96. The van der Waals surface area contributed by atoms with Gasteiger partial charge in [0.15, 0.2) is 5.13 Å². The van der Waals surface area contributed by atoms with Gasteiger partial charge in [0.05, 0.1) is 10.2 Å². The Morgan fingerprint density at radius 2 is 2.06 bits per heavy atom. The number of nitrogens with one attached hydrogen (secondary N) is 1. The maximum Gasteiger partial charge on any atom is 0.184 e. The van der Waals surface area contributed by atoms with E-state index >= 15 is 0 Å². The molecule has 2 rings (SSSR count). The van der Waals surface area contributed by atoms with Gasteiger partial charge in [0.2, 0.25) is 0 Å². The normalized spacial score (nSPS) is 13.2. The van der Waals surface area contributed by atoms with Gasteiger partial charge >= 0.3 is 0 Å². The third-order valence-electron chi connectivity index (χ3n) is 3.46. The monoisotopic (exact) mass is 282 g/mol. The highest BCUT2D eigenvalue weighted by molar-refractivity contribution is 7.22. The molecule has 0 fully saturated rings. The molecular weight excluding hydrogens is 264 g/mol. The van der Waals surface area contributed by atoms with Crippen LogP contribution in [0.4, 0.5) is 5.13 Å². The molecule has 0 saturated heterocycles. The van der Waals surface area contributed by atoms with Crippen molar-refractivity contribution in [3.63, 3.8) is 0 Å². The summed E-state index contributed by atoms with van der Waals surface area (Å²) in [5, 5.41) is 5.25. The van der Waals surface area contributed by atoms with Crippen molar-refractivity contribution in [2.24, 2.45) is 5.92 Å². The van der Waals surface area contributed by atoms with Gasteiger partial charge < -0.3 is 5.32 Å². The van der Waals surface area contributed by atoms with Crippen LogP contribution in [-0.4, -0.2) is 11.0 Å². The zero-order valence-corrected chi connectivity index (χ0v) is 12.6. The Morgan fingerprint density at radius 3 is 2.72 bits per heavy atom. The molecule has 0 amide bonds. The summed E-state index contributed by atoms with van der Waals surface area (Å²) in [4.78, 5) is 4.59. The van der Waals surface area contributed by atoms with E-state index in [9.17, 15) is 0 Å². The number of rotatable bonds is 5. The summed E-state index contributed by atoms with van der Waals surface area (Å²) >= 11 is 7.67. The van der Waals surface area contributed by atoms with E-state index in [1.54, 1.807) is 11.3 Å². The van der Waals surface area contributed by atoms with Crippen molar-refractivity contribution in [2.45, 2.75) is 39.7 Å². The Bertz CT molecular complexity index is 519. The van der Waals surface area contributed by atoms with Crippen LogP contribution in [0, 0.1) is 5.92 Å². The van der Waals surface area contributed by atoms with Crippen molar-refractivity contribution in [2.75, 3.05) is 5.32 Å². The minimum atomic E-state index is 0.455. The number of hydrogen-bond donors (Lipinski definition) is 1. The van der Waals surface area contributed by atoms with Crippen molar-refractivity contribution < 1.29 is 0 Å². The minimum Gasteiger partial charge on any atom is -0.359 e. The number of benzene rings is 1. The van der Waals surface area contributed by atoms with E-state index in [1.807, 2.05) is 18.2 Å². The van der Waals surface area contributed by atoms with Crippen molar-refractivity contribution in [1.29, 1.82) is 0 Å². The second kappa shape index (κ2) is 5.89. The summed E-state index contributed by atoms with van der Waals surface area (Å²) < 4.78 is 1.18. The van der Waals surface area contributed by atoms with E-state index in [1.165, 1.54) is 17.5 Å². The van der Waals surface area contributed by atoms with Gasteiger partial charge in [-0.2, -0.15) is 0 Å². The Hall–Kier alpha value is -0.800. The first-order chi connectivity index (χ1) is 8.63. The quantitative estimate of drug-likeness (QED) is 0.817. The topological polar surface area (TPSA) is 24.9 Å². The van der Waals surface area contributed by atoms with Crippen molar-refractivity contribution >= 4 is 38.3 Å². The molecular formula is C14H19ClN2S. The largest absolute Gasteiger partial charge is 0.359 e. The third-order valence-corrected chi connectivity index (χ3v) is 4.66. The molecule has 2 nitrogen and oxygen atoms in total. The second-order valence-corrected chi connectivity index (χ2v) is 6.11. The second-order valence-electron chi connectivity index (χ2n) is 4.64. The van der Waals surface area contributed by atoms with Crippen molar-refractivity contribution in [3.05, 3.63) is 23.2 Å². The summed E-state index contributed by atoms with van der Waals surface area (Å²) in [5.41, 5.74) is 0.978. The van der Waals surface area contributed by atoms with Gasteiger partial charge in [-0.05, 0) is 31.0 Å². The molecule has 0 saturated carbocycles. The Labute approximate surface area is 117 Å². The highest BCUT2D eigenvalue weighted by atomic mass is 35.5. The van der Waals surface area contributed by atoms with Gasteiger partial charge in [0.25, 0.3) is 0 Å². The first-order valence-electron chi connectivity index (χ1n) is 6.46. The molecule has 4 heteroatoms. The van der Waals surface area contributed by atoms with Crippen LogP contribution in [0.3, 0.4) is 0 Å². The molecule has 1 atom stereocenters. The molecule has 2 aromatic rings. The lowest BCUT2D eigenvalue weighted by Gasteiger charge is -2.21. The SMILES string of the molecule is CCC(CC)C(C)Nc1nc2cc(Cl)ccc2s1. The van der Waals surface area contributed by atoms with Crippen LogP contribution < -0.4 is 5.32 Å². The van der Waals surface area contributed by atoms with Crippen LogP contribution in [0.1, 0.15) is 33.6 Å². The Kier molecular flexibility index (Phi) is 4.46. The van der Waals surface area contributed by atoms with E-state index in [4.69, 9.17) is 11.6 Å². The first-order valence-corrected chi connectivity index (χ1v) is 7.66. The van der Waals surface area contributed by atoms with Gasteiger partial charge in [0, 0.05) is 11.1 Å². The van der Waals surface area contributed by atoms with E-state index in [-0.39, 0.29) is 0 Å². The fraction of sp³-hybridized carbons (Fsp3) is 0.500. The third kappa shape index (κ3) is 2.96. The van der Waals surface area contributed by atoms with Crippen LogP contribution in [0.2, 0.25) is 5.02 Å². The molecule has 0 bridgehead atoms. The Morgan fingerprint density at radius 1 is 1.33 bits per heavy atom. The molecule has 18 heavy (non-hydrogen) atoms. The molecule has 98 valence electrons. The van der Waals surface area contributed by atoms with Crippen LogP contribution in [-0.2, 0) is 0 Å². The van der Waals surface area contributed by atoms with E-state index < -0.39 is 0 Å². The highest BCUT2D eigenvalue weighted by Gasteiger charge is 2.14. The molecule has 1 heterocycles. The molecule has 1 unspecified atom stereocenters. The molecule has 1 aromatic heterocycles. The average molecular weight is 283 g/mol. The number of halogens is 1. The van der Waals surface area contributed by atoms with E-state index in [0.717, 1.165) is 15.7 Å². The molecule has 0 aliphatic heterocycles.